The maximum absolute atomic E-state index is 5.74. The standard InChI is InChI=1S/C18H28NO2Si/c1-3-17-6-8-18(9-7-17)22(16-20-4-2)15-5-10-19-11-13-21-14-12-19/h3,6-9H,1,4-5,10-16H2,2H3. The van der Waals surface area contributed by atoms with E-state index in [0.717, 1.165) is 39.1 Å². The van der Waals surface area contributed by atoms with E-state index in [9.17, 15) is 0 Å². The van der Waals surface area contributed by atoms with Crippen molar-refractivity contribution in [2.24, 2.45) is 0 Å². The van der Waals surface area contributed by atoms with Gasteiger partial charge >= 0.3 is 0 Å². The third kappa shape index (κ3) is 5.69. The summed E-state index contributed by atoms with van der Waals surface area (Å²) < 4.78 is 11.1. The number of nitrogens with zero attached hydrogens (tertiary/aromatic N) is 1. The number of hydrogen-bond acceptors (Lipinski definition) is 3. The van der Waals surface area contributed by atoms with Gasteiger partial charge < -0.3 is 9.47 Å². The van der Waals surface area contributed by atoms with Crippen LogP contribution in [0, 0.1) is 0 Å². The Bertz CT molecular complexity index is 429. The van der Waals surface area contributed by atoms with Crippen LogP contribution < -0.4 is 5.19 Å². The largest absolute Gasteiger partial charge is 0.385 e. The fourth-order valence-corrected chi connectivity index (χ4v) is 4.99. The molecule has 0 saturated carbocycles. The van der Waals surface area contributed by atoms with E-state index in [2.05, 4.69) is 42.7 Å². The third-order valence-corrected chi connectivity index (χ3v) is 6.75. The first-order valence-corrected chi connectivity index (χ1v) is 10.2. The lowest BCUT2D eigenvalue weighted by Gasteiger charge is -2.27. The molecule has 1 saturated heterocycles. The van der Waals surface area contributed by atoms with Gasteiger partial charge in [0.05, 0.1) is 13.2 Å². The molecule has 0 unspecified atom stereocenters. The molecule has 0 N–H and O–H groups in total. The van der Waals surface area contributed by atoms with Crippen LogP contribution in [0.3, 0.4) is 0 Å². The molecule has 121 valence electrons. The molecule has 0 amide bonds. The fourth-order valence-electron chi connectivity index (χ4n) is 2.72. The molecule has 2 rings (SSSR count). The predicted octanol–water partition coefficient (Wildman–Crippen LogP) is 2.33. The lowest BCUT2D eigenvalue weighted by molar-refractivity contribution is 0.0379. The number of ether oxygens (including phenoxy) is 2. The van der Waals surface area contributed by atoms with Crippen molar-refractivity contribution in [1.29, 1.82) is 0 Å². The summed E-state index contributed by atoms with van der Waals surface area (Å²) in [6, 6.07) is 10.1. The van der Waals surface area contributed by atoms with Crippen molar-refractivity contribution < 1.29 is 9.47 Å². The van der Waals surface area contributed by atoms with Gasteiger partial charge in [-0.05, 0) is 25.5 Å². The molecular weight excluding hydrogens is 290 g/mol. The van der Waals surface area contributed by atoms with Gasteiger partial charge in [-0.1, -0.05) is 48.2 Å². The smallest absolute Gasteiger partial charge is 0.117 e. The molecule has 1 radical (unpaired) electrons. The van der Waals surface area contributed by atoms with Gasteiger partial charge in [-0.3, -0.25) is 4.90 Å². The monoisotopic (exact) mass is 318 g/mol. The number of rotatable bonds is 9. The van der Waals surface area contributed by atoms with Crippen LogP contribution in [0.25, 0.3) is 6.08 Å². The molecule has 4 heteroatoms. The summed E-state index contributed by atoms with van der Waals surface area (Å²) in [5.74, 6) is 0. The van der Waals surface area contributed by atoms with Gasteiger partial charge in [0.2, 0.25) is 0 Å². The molecule has 0 atom stereocenters. The first-order chi connectivity index (χ1) is 10.8. The summed E-state index contributed by atoms with van der Waals surface area (Å²) in [7, 11) is -0.624. The molecule has 0 bridgehead atoms. The predicted molar refractivity (Wildman–Crippen MR) is 95.1 cm³/mol. The van der Waals surface area contributed by atoms with E-state index >= 15 is 0 Å². The van der Waals surface area contributed by atoms with Crippen molar-refractivity contribution >= 4 is 20.1 Å². The summed E-state index contributed by atoms with van der Waals surface area (Å²) in [6.45, 7) is 11.8. The van der Waals surface area contributed by atoms with Crippen molar-refractivity contribution in [3.8, 4) is 0 Å². The molecule has 3 nitrogen and oxygen atoms in total. The maximum Gasteiger partial charge on any atom is 0.117 e. The number of morpholine rings is 1. The topological polar surface area (TPSA) is 21.7 Å². The third-order valence-electron chi connectivity index (χ3n) is 4.09. The van der Waals surface area contributed by atoms with Gasteiger partial charge in [0.25, 0.3) is 0 Å². The van der Waals surface area contributed by atoms with E-state index in [0.29, 0.717) is 0 Å². The van der Waals surface area contributed by atoms with Crippen LogP contribution in [0.5, 0.6) is 0 Å². The highest BCUT2D eigenvalue weighted by molar-refractivity contribution is 6.73. The second kappa shape index (κ2) is 9.95. The van der Waals surface area contributed by atoms with E-state index in [1.807, 2.05) is 6.08 Å². The maximum atomic E-state index is 5.74. The Morgan fingerprint density at radius 1 is 1.27 bits per heavy atom. The minimum absolute atomic E-state index is 0.624. The normalized spacial score (nSPS) is 16.1. The minimum Gasteiger partial charge on any atom is -0.385 e. The summed E-state index contributed by atoms with van der Waals surface area (Å²) >= 11 is 0. The quantitative estimate of drug-likeness (QED) is 0.652. The van der Waals surface area contributed by atoms with E-state index in [1.54, 1.807) is 0 Å². The average Bonchev–Trinajstić information content (AvgIpc) is 2.59. The second-order valence-electron chi connectivity index (χ2n) is 5.62. The fraction of sp³-hybridized carbons (Fsp3) is 0.556. The lowest BCUT2D eigenvalue weighted by atomic mass is 10.2. The number of hydrogen-bond donors (Lipinski definition) is 0. The van der Waals surface area contributed by atoms with Gasteiger partial charge in [-0.2, -0.15) is 0 Å². The zero-order chi connectivity index (χ0) is 15.6. The van der Waals surface area contributed by atoms with E-state index in [-0.39, 0.29) is 0 Å². The van der Waals surface area contributed by atoms with E-state index in [1.165, 1.54) is 29.8 Å². The van der Waals surface area contributed by atoms with Gasteiger partial charge in [-0.15, -0.1) is 0 Å². The first kappa shape index (κ1) is 17.4. The molecule has 0 aliphatic carbocycles. The van der Waals surface area contributed by atoms with Crippen molar-refractivity contribution in [3.63, 3.8) is 0 Å². The van der Waals surface area contributed by atoms with Crippen LogP contribution in [-0.2, 0) is 9.47 Å². The summed E-state index contributed by atoms with van der Waals surface area (Å²) in [5.41, 5.74) is 1.19. The van der Waals surface area contributed by atoms with Crippen LogP contribution in [0.2, 0.25) is 6.04 Å². The molecule has 1 aliphatic heterocycles. The highest BCUT2D eigenvalue weighted by atomic mass is 28.3. The van der Waals surface area contributed by atoms with Crippen molar-refractivity contribution in [3.05, 3.63) is 36.4 Å². The molecule has 1 aromatic rings. The summed E-state index contributed by atoms with van der Waals surface area (Å²) in [6.07, 6.45) is 4.07. The van der Waals surface area contributed by atoms with Gasteiger partial charge in [0, 0.05) is 25.9 Å². The SMILES string of the molecule is C=Cc1ccc([Si](CCCN2CCOCC2)COCC)cc1. The Hall–Kier alpha value is -0.943. The Morgan fingerprint density at radius 3 is 2.64 bits per heavy atom. The molecular formula is C18H28NO2Si. The van der Waals surface area contributed by atoms with Gasteiger partial charge in [0.15, 0.2) is 0 Å². The van der Waals surface area contributed by atoms with Gasteiger partial charge in [0.1, 0.15) is 8.80 Å². The van der Waals surface area contributed by atoms with Crippen molar-refractivity contribution in [2.75, 3.05) is 45.7 Å². The molecule has 22 heavy (non-hydrogen) atoms. The molecule has 1 aromatic carbocycles. The second-order valence-corrected chi connectivity index (χ2v) is 8.20. The highest BCUT2D eigenvalue weighted by Crippen LogP contribution is 2.06. The lowest BCUT2D eigenvalue weighted by Crippen LogP contribution is -2.39. The van der Waals surface area contributed by atoms with Crippen LogP contribution in [0.4, 0.5) is 0 Å². The van der Waals surface area contributed by atoms with Crippen LogP contribution in [0.1, 0.15) is 18.9 Å². The van der Waals surface area contributed by atoms with Crippen molar-refractivity contribution in [1.82, 2.24) is 4.90 Å². The first-order valence-electron chi connectivity index (χ1n) is 8.29. The van der Waals surface area contributed by atoms with Crippen LogP contribution >= 0.6 is 0 Å². The zero-order valence-electron chi connectivity index (χ0n) is 13.7. The molecule has 1 fully saturated rings. The Balaban J connectivity index is 1.85. The zero-order valence-corrected chi connectivity index (χ0v) is 14.7. The molecule has 1 aliphatic rings. The van der Waals surface area contributed by atoms with Gasteiger partial charge in [-0.25, -0.2) is 0 Å². The Kier molecular flexibility index (Phi) is 7.87. The summed E-state index contributed by atoms with van der Waals surface area (Å²) in [4.78, 5) is 2.52. The Labute approximate surface area is 136 Å². The van der Waals surface area contributed by atoms with Crippen LogP contribution in [-0.4, -0.2) is 59.4 Å². The minimum atomic E-state index is -0.624. The molecule has 0 spiro atoms. The van der Waals surface area contributed by atoms with Crippen molar-refractivity contribution in [2.45, 2.75) is 19.4 Å². The number of benzene rings is 1. The van der Waals surface area contributed by atoms with E-state index in [4.69, 9.17) is 9.47 Å². The summed E-state index contributed by atoms with van der Waals surface area (Å²) in [5, 5.41) is 1.48. The Morgan fingerprint density at radius 2 is 2.00 bits per heavy atom. The van der Waals surface area contributed by atoms with E-state index < -0.39 is 8.80 Å². The average molecular weight is 319 g/mol. The highest BCUT2D eigenvalue weighted by Gasteiger charge is 2.16. The molecule has 0 aromatic heterocycles. The molecule has 1 heterocycles. The van der Waals surface area contributed by atoms with Crippen LogP contribution in [0.15, 0.2) is 30.8 Å².